The fourth-order valence-electron chi connectivity index (χ4n) is 2.53. The van der Waals surface area contributed by atoms with E-state index >= 15 is 0 Å². The molecule has 3 rings (SSSR count). The van der Waals surface area contributed by atoms with Gasteiger partial charge in [0.2, 0.25) is 5.43 Å². The zero-order valence-electron chi connectivity index (χ0n) is 13.3. The van der Waals surface area contributed by atoms with Gasteiger partial charge in [0.1, 0.15) is 11.6 Å². The minimum absolute atomic E-state index is 0.140. The summed E-state index contributed by atoms with van der Waals surface area (Å²) in [6.45, 7) is 2.49. The van der Waals surface area contributed by atoms with E-state index in [1.807, 2.05) is 6.92 Å². The van der Waals surface area contributed by atoms with Crippen LogP contribution in [0, 0.1) is 5.82 Å². The summed E-state index contributed by atoms with van der Waals surface area (Å²) in [6.07, 6.45) is 1.51. The van der Waals surface area contributed by atoms with Gasteiger partial charge in [-0.05, 0) is 37.3 Å². The molecule has 0 aliphatic rings. The van der Waals surface area contributed by atoms with Crippen molar-refractivity contribution in [2.45, 2.75) is 20.0 Å². The summed E-state index contributed by atoms with van der Waals surface area (Å²) >= 11 is 0. The molecule has 3 aromatic rings. The third kappa shape index (κ3) is 2.80. The van der Waals surface area contributed by atoms with Crippen LogP contribution in [-0.2, 0) is 13.1 Å². The highest BCUT2D eigenvalue weighted by Crippen LogP contribution is 2.13. The zero-order valence-corrected chi connectivity index (χ0v) is 13.3. The number of hydrogen-bond acceptors (Lipinski definition) is 4. The van der Waals surface area contributed by atoms with Crippen LogP contribution in [0.15, 0.2) is 45.8 Å². The van der Waals surface area contributed by atoms with Crippen molar-refractivity contribution in [1.82, 2.24) is 14.7 Å². The Morgan fingerprint density at radius 2 is 2.17 bits per heavy atom. The molecule has 0 atom stereocenters. The van der Waals surface area contributed by atoms with Gasteiger partial charge in [0.15, 0.2) is 5.69 Å². The SMILES string of the molecule is CCn1nc(C(=O)N(C)Cc2ccco2)c(=O)c2cc(F)ccc21. The maximum atomic E-state index is 13.5. The summed E-state index contributed by atoms with van der Waals surface area (Å²) in [4.78, 5) is 26.5. The summed E-state index contributed by atoms with van der Waals surface area (Å²) in [5.74, 6) is -0.478. The summed E-state index contributed by atoms with van der Waals surface area (Å²) in [5, 5.41) is 4.30. The summed E-state index contributed by atoms with van der Waals surface area (Å²) in [6, 6.07) is 7.34. The zero-order chi connectivity index (χ0) is 17.3. The average molecular weight is 329 g/mol. The van der Waals surface area contributed by atoms with Crippen molar-refractivity contribution in [3.8, 4) is 0 Å². The molecule has 124 valence electrons. The molecule has 0 spiro atoms. The first-order valence-electron chi connectivity index (χ1n) is 7.49. The van der Waals surface area contributed by atoms with Crippen LogP contribution in [0.4, 0.5) is 4.39 Å². The van der Waals surface area contributed by atoms with Crippen LogP contribution in [0.1, 0.15) is 23.2 Å². The molecule has 0 aliphatic heterocycles. The van der Waals surface area contributed by atoms with Gasteiger partial charge in [-0.3, -0.25) is 14.3 Å². The molecule has 1 aromatic carbocycles. The van der Waals surface area contributed by atoms with E-state index in [1.54, 1.807) is 19.2 Å². The van der Waals surface area contributed by atoms with E-state index in [0.717, 1.165) is 6.07 Å². The first kappa shape index (κ1) is 15.9. The van der Waals surface area contributed by atoms with Gasteiger partial charge >= 0.3 is 0 Å². The molecule has 0 N–H and O–H groups in total. The lowest BCUT2D eigenvalue weighted by atomic mass is 10.2. The Kier molecular flexibility index (Phi) is 4.16. The number of aromatic nitrogens is 2. The number of benzene rings is 1. The largest absolute Gasteiger partial charge is 0.467 e. The van der Waals surface area contributed by atoms with Gasteiger partial charge in [-0.2, -0.15) is 5.10 Å². The fraction of sp³-hybridized carbons (Fsp3) is 0.235. The topological polar surface area (TPSA) is 68.3 Å². The molecule has 7 heteroatoms. The predicted octanol–water partition coefficient (Wildman–Crippen LogP) is 2.42. The number of nitrogens with zero attached hydrogens (tertiary/aromatic N) is 3. The first-order valence-corrected chi connectivity index (χ1v) is 7.49. The standard InChI is InChI=1S/C17H16FN3O3/c1-3-21-14-7-6-11(18)9-13(14)16(22)15(19-21)17(23)20(2)10-12-5-4-8-24-12/h4-9H,3,10H2,1-2H3. The highest BCUT2D eigenvalue weighted by atomic mass is 19.1. The van der Waals surface area contributed by atoms with E-state index < -0.39 is 17.2 Å². The summed E-state index contributed by atoms with van der Waals surface area (Å²) in [5.41, 5.74) is -0.316. The van der Waals surface area contributed by atoms with Gasteiger partial charge in [-0.15, -0.1) is 0 Å². The van der Waals surface area contributed by atoms with E-state index in [0.29, 0.717) is 17.8 Å². The Balaban J connectivity index is 2.06. The third-order valence-corrected chi connectivity index (χ3v) is 3.74. The number of hydrogen-bond donors (Lipinski definition) is 0. The number of rotatable bonds is 4. The van der Waals surface area contributed by atoms with Gasteiger partial charge in [0.05, 0.1) is 23.7 Å². The Morgan fingerprint density at radius 3 is 2.83 bits per heavy atom. The van der Waals surface area contributed by atoms with Gasteiger partial charge in [0, 0.05) is 13.6 Å². The molecule has 0 aliphatic carbocycles. The van der Waals surface area contributed by atoms with Crippen molar-refractivity contribution >= 4 is 16.8 Å². The lowest BCUT2D eigenvalue weighted by Crippen LogP contribution is -2.33. The minimum atomic E-state index is -0.578. The van der Waals surface area contributed by atoms with E-state index in [9.17, 15) is 14.0 Å². The summed E-state index contributed by atoms with van der Waals surface area (Å²) in [7, 11) is 1.55. The molecule has 24 heavy (non-hydrogen) atoms. The second-order valence-corrected chi connectivity index (χ2v) is 5.40. The van der Waals surface area contributed by atoms with Crippen LogP contribution in [0.25, 0.3) is 10.9 Å². The van der Waals surface area contributed by atoms with E-state index in [4.69, 9.17) is 4.42 Å². The van der Waals surface area contributed by atoms with Crippen LogP contribution in [0.5, 0.6) is 0 Å². The van der Waals surface area contributed by atoms with Crippen LogP contribution < -0.4 is 5.43 Å². The maximum Gasteiger partial charge on any atom is 0.278 e. The number of halogens is 1. The highest BCUT2D eigenvalue weighted by Gasteiger charge is 2.21. The van der Waals surface area contributed by atoms with Crippen molar-refractivity contribution in [3.05, 3.63) is 64.1 Å². The Labute approximate surface area is 137 Å². The van der Waals surface area contributed by atoms with E-state index in [-0.39, 0.29) is 17.6 Å². The summed E-state index contributed by atoms with van der Waals surface area (Å²) < 4.78 is 20.2. The number of furan rings is 1. The highest BCUT2D eigenvalue weighted by molar-refractivity contribution is 5.95. The lowest BCUT2D eigenvalue weighted by molar-refractivity contribution is 0.0766. The molecular weight excluding hydrogens is 313 g/mol. The van der Waals surface area contributed by atoms with E-state index in [1.165, 1.54) is 28.0 Å². The molecule has 0 fully saturated rings. The quantitative estimate of drug-likeness (QED) is 0.737. The molecule has 0 bridgehead atoms. The molecular formula is C17H16FN3O3. The number of carbonyl (C=O) groups is 1. The molecule has 0 unspecified atom stereocenters. The van der Waals surface area contributed by atoms with Crippen molar-refractivity contribution in [2.75, 3.05) is 7.05 Å². The molecule has 0 radical (unpaired) electrons. The third-order valence-electron chi connectivity index (χ3n) is 3.74. The lowest BCUT2D eigenvalue weighted by Gasteiger charge is -2.16. The van der Waals surface area contributed by atoms with Crippen LogP contribution in [-0.4, -0.2) is 27.6 Å². The van der Waals surface area contributed by atoms with Gasteiger partial charge in [0.25, 0.3) is 5.91 Å². The Hall–Kier alpha value is -2.96. The van der Waals surface area contributed by atoms with E-state index in [2.05, 4.69) is 5.10 Å². The number of amides is 1. The van der Waals surface area contributed by atoms with Gasteiger partial charge in [-0.25, -0.2) is 4.39 Å². The number of carbonyl (C=O) groups excluding carboxylic acids is 1. The maximum absolute atomic E-state index is 13.5. The van der Waals surface area contributed by atoms with Crippen LogP contribution in [0.2, 0.25) is 0 Å². The predicted molar refractivity (Wildman–Crippen MR) is 86.1 cm³/mol. The number of fused-ring (bicyclic) bond motifs is 1. The molecule has 1 amide bonds. The van der Waals surface area contributed by atoms with Gasteiger partial charge < -0.3 is 9.32 Å². The number of aryl methyl sites for hydroxylation is 1. The average Bonchev–Trinajstić information content (AvgIpc) is 3.08. The first-order chi connectivity index (χ1) is 11.5. The van der Waals surface area contributed by atoms with Crippen molar-refractivity contribution in [1.29, 1.82) is 0 Å². The second kappa shape index (κ2) is 6.27. The van der Waals surface area contributed by atoms with Crippen molar-refractivity contribution in [2.24, 2.45) is 0 Å². The minimum Gasteiger partial charge on any atom is -0.467 e. The normalized spacial score (nSPS) is 11.0. The van der Waals surface area contributed by atoms with Crippen LogP contribution >= 0.6 is 0 Å². The second-order valence-electron chi connectivity index (χ2n) is 5.40. The molecule has 2 aromatic heterocycles. The molecule has 6 nitrogen and oxygen atoms in total. The fourth-order valence-corrected chi connectivity index (χ4v) is 2.53. The van der Waals surface area contributed by atoms with Crippen molar-refractivity contribution < 1.29 is 13.6 Å². The monoisotopic (exact) mass is 329 g/mol. The smallest absolute Gasteiger partial charge is 0.278 e. The van der Waals surface area contributed by atoms with Crippen LogP contribution in [0.3, 0.4) is 0 Å². The van der Waals surface area contributed by atoms with Gasteiger partial charge in [-0.1, -0.05) is 0 Å². The van der Waals surface area contributed by atoms with Crippen molar-refractivity contribution in [3.63, 3.8) is 0 Å². The molecule has 0 saturated heterocycles. The molecule has 0 saturated carbocycles. The molecule has 2 heterocycles. The Bertz CT molecular complexity index is 948. The Morgan fingerprint density at radius 1 is 1.38 bits per heavy atom.